The number of amides is 1. The summed E-state index contributed by atoms with van der Waals surface area (Å²) in [6, 6.07) is 8.21. The summed E-state index contributed by atoms with van der Waals surface area (Å²) in [5.41, 5.74) is 1.92. The van der Waals surface area contributed by atoms with Gasteiger partial charge >= 0.3 is 6.17 Å². The molecule has 1 N–H and O–H groups in total. The average Bonchev–Trinajstić information content (AvgIpc) is 3.11. The highest BCUT2D eigenvalue weighted by atomic mass is 35.5. The van der Waals surface area contributed by atoms with E-state index in [1.54, 1.807) is 6.20 Å². The van der Waals surface area contributed by atoms with E-state index in [0.717, 1.165) is 42.5 Å². The van der Waals surface area contributed by atoms with Gasteiger partial charge in [-0.1, -0.05) is 22.5 Å². The summed E-state index contributed by atoms with van der Waals surface area (Å²) in [4.78, 5) is 24.1. The number of rotatable bonds is 4. The Kier molecular flexibility index (Phi) is 5.84. The number of hydrogen-bond donors (Lipinski definition) is 1. The van der Waals surface area contributed by atoms with E-state index in [4.69, 9.17) is 18.2 Å². The Balaban J connectivity index is 1.33. The topological polar surface area (TPSA) is 52.8 Å². The van der Waals surface area contributed by atoms with Crippen molar-refractivity contribution in [3.05, 3.63) is 40.3 Å². The number of aromatic nitrogens is 1. The minimum atomic E-state index is -1.05. The lowest BCUT2D eigenvalue weighted by Gasteiger charge is -2.33. The number of alkyl halides is 1. The number of fused-ring (bicyclic) bond motifs is 1. The normalized spacial score (nSPS) is 23.3. The third-order valence-corrected chi connectivity index (χ3v) is 5.92. The molecule has 0 bridgehead atoms. The van der Waals surface area contributed by atoms with Crippen LogP contribution in [0.25, 0.3) is 15.7 Å². The molecule has 2 saturated heterocycles. The predicted octanol–water partition coefficient (Wildman–Crippen LogP) is 3.62. The van der Waals surface area contributed by atoms with Crippen molar-refractivity contribution < 1.29 is 9.18 Å². The van der Waals surface area contributed by atoms with Crippen molar-refractivity contribution in [1.82, 2.24) is 14.8 Å². The summed E-state index contributed by atoms with van der Waals surface area (Å²) < 4.78 is 13.6. The Morgan fingerprint density at radius 3 is 2.93 bits per heavy atom. The van der Waals surface area contributed by atoms with Crippen molar-refractivity contribution in [3.8, 4) is 6.57 Å². The molecule has 0 radical (unpaired) electrons. The largest absolute Gasteiger partial charge is 0.382 e. The first kappa shape index (κ1) is 19.9. The molecule has 2 atom stereocenters. The van der Waals surface area contributed by atoms with Gasteiger partial charge in [-0.15, -0.1) is 0 Å². The Hall–Kier alpha value is -2.43. The molecule has 0 aliphatic carbocycles. The minimum Gasteiger partial charge on any atom is -0.382 e. The molecule has 1 aromatic carbocycles. The second-order valence-corrected chi connectivity index (χ2v) is 8.17. The van der Waals surface area contributed by atoms with Crippen molar-refractivity contribution in [1.29, 1.82) is 0 Å². The van der Waals surface area contributed by atoms with Crippen molar-refractivity contribution in [2.75, 3.05) is 31.5 Å². The SMILES string of the molecule is C#[N+][C@@H]1C[C@H](F)CN1C(=O)CN1CCC(Nc2cccc3ncc(Cl)cc23)CC1. The number of nitrogens with zero attached hydrogens (tertiary/aromatic N) is 4. The first-order chi connectivity index (χ1) is 14.0. The minimum absolute atomic E-state index is 0.0832. The number of hydrogen-bond acceptors (Lipinski definition) is 4. The molecule has 2 fully saturated rings. The molecule has 6 nitrogen and oxygen atoms in total. The van der Waals surface area contributed by atoms with Gasteiger partial charge in [0.05, 0.1) is 30.0 Å². The van der Waals surface area contributed by atoms with E-state index in [-0.39, 0.29) is 25.4 Å². The maximum atomic E-state index is 13.6. The Morgan fingerprint density at radius 2 is 2.17 bits per heavy atom. The number of halogens is 2. The molecule has 2 aliphatic heterocycles. The number of carbonyl (C=O) groups is 1. The van der Waals surface area contributed by atoms with Gasteiger partial charge < -0.3 is 5.32 Å². The van der Waals surface area contributed by atoms with E-state index in [9.17, 15) is 9.18 Å². The number of carbonyl (C=O) groups excluding carboxylic acids is 1. The van der Waals surface area contributed by atoms with Crippen molar-refractivity contribution in [3.63, 3.8) is 0 Å². The van der Waals surface area contributed by atoms with E-state index in [1.807, 2.05) is 24.3 Å². The van der Waals surface area contributed by atoms with Gasteiger partial charge in [0.25, 0.3) is 6.57 Å². The van der Waals surface area contributed by atoms with Gasteiger partial charge in [-0.2, -0.15) is 0 Å². The number of pyridine rings is 1. The summed E-state index contributed by atoms with van der Waals surface area (Å²) in [7, 11) is 0. The van der Waals surface area contributed by atoms with Gasteiger partial charge in [0, 0.05) is 36.4 Å². The average molecular weight is 417 g/mol. The van der Waals surface area contributed by atoms with Crippen LogP contribution >= 0.6 is 11.6 Å². The molecule has 0 saturated carbocycles. The van der Waals surface area contributed by atoms with Crippen LogP contribution in [0.15, 0.2) is 30.5 Å². The Morgan fingerprint density at radius 1 is 1.38 bits per heavy atom. The lowest BCUT2D eigenvalue weighted by molar-refractivity contribution is -0.133. The molecule has 1 amide bonds. The van der Waals surface area contributed by atoms with Crippen molar-refractivity contribution in [2.24, 2.45) is 0 Å². The lowest BCUT2D eigenvalue weighted by atomic mass is 10.0. The van der Waals surface area contributed by atoms with Crippen LogP contribution in [0.1, 0.15) is 19.3 Å². The molecule has 2 aliphatic rings. The van der Waals surface area contributed by atoms with E-state index in [0.29, 0.717) is 11.1 Å². The van der Waals surface area contributed by atoms with Crippen LogP contribution in [0, 0.1) is 6.57 Å². The van der Waals surface area contributed by atoms with Gasteiger partial charge in [-0.3, -0.25) is 19.6 Å². The van der Waals surface area contributed by atoms with Gasteiger partial charge in [0.2, 0.25) is 5.91 Å². The number of nitrogens with one attached hydrogen (secondary N) is 1. The summed E-state index contributed by atoms with van der Waals surface area (Å²) in [6.07, 6.45) is 2.08. The molecular formula is C21H24ClFN5O+. The zero-order valence-corrected chi connectivity index (χ0v) is 16.9. The molecule has 1 aromatic heterocycles. The van der Waals surface area contributed by atoms with E-state index in [2.05, 4.69) is 20.0 Å². The molecule has 0 spiro atoms. The zero-order valence-electron chi connectivity index (χ0n) is 16.1. The molecule has 2 aromatic rings. The molecule has 3 heterocycles. The summed E-state index contributed by atoms with van der Waals surface area (Å²) >= 11 is 6.11. The second kappa shape index (κ2) is 8.52. The molecule has 4 rings (SSSR count). The fourth-order valence-corrected chi connectivity index (χ4v) is 4.32. The highest BCUT2D eigenvalue weighted by molar-refractivity contribution is 6.31. The quantitative estimate of drug-likeness (QED) is 0.827. The highest BCUT2D eigenvalue weighted by Crippen LogP contribution is 2.27. The third-order valence-electron chi connectivity index (χ3n) is 5.71. The van der Waals surface area contributed by atoms with E-state index >= 15 is 0 Å². The monoisotopic (exact) mass is 416 g/mol. The summed E-state index contributed by atoms with van der Waals surface area (Å²) in [5.74, 6) is -0.106. The third kappa shape index (κ3) is 4.44. The molecule has 0 unspecified atom stereocenters. The number of likely N-dealkylation sites (tertiary alicyclic amines) is 2. The number of piperidine rings is 1. The number of anilines is 1. The molecule has 152 valence electrons. The standard InChI is InChI=1S/C21H24ClFN5O/c1-24-20-10-15(23)12-28(20)21(29)13-27-7-5-16(6-8-27)26-19-4-2-3-18-17(19)9-14(22)11-25-18/h1-4,9,11,15-16,20,26H,5-8,10,12-13H2/q+1/t15-,20-/m0/s1. The van der Waals surface area contributed by atoms with Gasteiger partial charge in [0.15, 0.2) is 0 Å². The van der Waals surface area contributed by atoms with E-state index < -0.39 is 12.3 Å². The van der Waals surface area contributed by atoms with Crippen LogP contribution in [0.5, 0.6) is 0 Å². The zero-order chi connectivity index (χ0) is 20.4. The second-order valence-electron chi connectivity index (χ2n) is 7.73. The maximum absolute atomic E-state index is 13.6. The van der Waals surface area contributed by atoms with Crippen LogP contribution in [0.3, 0.4) is 0 Å². The summed E-state index contributed by atoms with van der Waals surface area (Å²) in [6.45, 7) is 7.28. The Bertz CT molecular complexity index is 940. The van der Waals surface area contributed by atoms with Crippen molar-refractivity contribution >= 4 is 34.1 Å². The number of benzene rings is 1. The lowest BCUT2D eigenvalue weighted by Crippen LogP contribution is -2.46. The van der Waals surface area contributed by atoms with Crippen LogP contribution < -0.4 is 5.32 Å². The fourth-order valence-electron chi connectivity index (χ4n) is 4.16. The van der Waals surface area contributed by atoms with E-state index in [1.165, 1.54) is 4.90 Å². The fraction of sp³-hybridized carbons (Fsp3) is 0.476. The maximum Gasteiger partial charge on any atom is 0.352 e. The van der Waals surface area contributed by atoms with Crippen LogP contribution in [-0.2, 0) is 4.79 Å². The first-order valence-electron chi connectivity index (χ1n) is 9.90. The van der Waals surface area contributed by atoms with Crippen LogP contribution in [-0.4, -0.2) is 65.2 Å². The summed E-state index contributed by atoms with van der Waals surface area (Å²) in [5, 5.41) is 5.22. The first-order valence-corrected chi connectivity index (χ1v) is 10.3. The smallest absolute Gasteiger partial charge is 0.352 e. The van der Waals surface area contributed by atoms with Crippen LogP contribution in [0.2, 0.25) is 5.02 Å². The van der Waals surface area contributed by atoms with Gasteiger partial charge in [-0.05, 0) is 31.0 Å². The van der Waals surface area contributed by atoms with Crippen molar-refractivity contribution in [2.45, 2.75) is 37.6 Å². The van der Waals surface area contributed by atoms with Gasteiger partial charge in [0.1, 0.15) is 6.17 Å². The highest BCUT2D eigenvalue weighted by Gasteiger charge is 2.42. The van der Waals surface area contributed by atoms with Gasteiger partial charge in [-0.25, -0.2) is 4.39 Å². The van der Waals surface area contributed by atoms with Crippen LogP contribution in [0.4, 0.5) is 10.1 Å². The molecule has 8 heteroatoms. The Labute approximate surface area is 174 Å². The predicted molar refractivity (Wildman–Crippen MR) is 113 cm³/mol. The molecular weight excluding hydrogens is 393 g/mol. The molecule has 29 heavy (non-hydrogen) atoms.